The van der Waals surface area contributed by atoms with Crippen molar-refractivity contribution in [3.8, 4) is 0 Å². The average Bonchev–Trinajstić information content (AvgIpc) is 3.07. The van der Waals surface area contributed by atoms with E-state index in [1.54, 1.807) is 11.1 Å². The van der Waals surface area contributed by atoms with Crippen LogP contribution in [0, 0.1) is 0 Å². The fourth-order valence-corrected chi connectivity index (χ4v) is 5.42. The highest BCUT2D eigenvalue weighted by atomic mass is 14.3. The molecule has 0 saturated heterocycles. The Kier molecular flexibility index (Phi) is 3.73. The maximum atomic E-state index is 2.54. The lowest BCUT2D eigenvalue weighted by Gasteiger charge is -2.24. The van der Waals surface area contributed by atoms with Gasteiger partial charge in [0, 0.05) is 0 Å². The van der Waals surface area contributed by atoms with Crippen LogP contribution in [0.5, 0.6) is 0 Å². The summed E-state index contributed by atoms with van der Waals surface area (Å²) >= 11 is 0. The third kappa shape index (κ3) is 2.51. The molecule has 0 heterocycles. The minimum absolute atomic E-state index is 0.801. The van der Waals surface area contributed by atoms with Gasteiger partial charge in [0.25, 0.3) is 0 Å². The molecule has 5 rings (SSSR count). The lowest BCUT2D eigenvalue weighted by molar-refractivity contribution is 0.443. The summed E-state index contributed by atoms with van der Waals surface area (Å²) < 4.78 is 0. The maximum Gasteiger partial charge on any atom is -0.00384 e. The van der Waals surface area contributed by atoms with Crippen molar-refractivity contribution >= 4 is 22.9 Å². The van der Waals surface area contributed by atoms with Gasteiger partial charge in [0.05, 0.1) is 0 Å². The molecule has 0 aliphatic heterocycles. The SMILES string of the molecule is C1=Cc2cc(C3CCCCC3)cc3cc(C4CCCCC4)cc1c23. The van der Waals surface area contributed by atoms with Crippen LogP contribution < -0.4 is 0 Å². The van der Waals surface area contributed by atoms with E-state index in [2.05, 4.69) is 36.4 Å². The van der Waals surface area contributed by atoms with Gasteiger partial charge in [-0.3, -0.25) is 0 Å². The monoisotopic (exact) mass is 316 g/mol. The van der Waals surface area contributed by atoms with E-state index in [9.17, 15) is 0 Å². The number of hydrogen-bond donors (Lipinski definition) is 0. The molecule has 124 valence electrons. The van der Waals surface area contributed by atoms with E-state index in [0.717, 1.165) is 11.8 Å². The van der Waals surface area contributed by atoms with Crippen LogP contribution >= 0.6 is 0 Å². The van der Waals surface area contributed by atoms with Crippen LogP contribution in [0.2, 0.25) is 0 Å². The molecule has 0 N–H and O–H groups in total. The van der Waals surface area contributed by atoms with Crippen molar-refractivity contribution in [2.45, 2.75) is 76.0 Å². The molecule has 3 aliphatic carbocycles. The topological polar surface area (TPSA) is 0 Å². The second-order valence-corrected chi connectivity index (χ2v) is 8.32. The number of rotatable bonds is 2. The van der Waals surface area contributed by atoms with Gasteiger partial charge >= 0.3 is 0 Å². The molecule has 2 fully saturated rings. The minimum atomic E-state index is 0.801. The molecule has 0 bridgehead atoms. The average molecular weight is 316 g/mol. The second kappa shape index (κ2) is 6.06. The molecule has 3 aliphatic rings. The molecule has 24 heavy (non-hydrogen) atoms. The molecule has 0 radical (unpaired) electrons. The van der Waals surface area contributed by atoms with Crippen LogP contribution in [-0.4, -0.2) is 0 Å². The number of hydrogen-bond acceptors (Lipinski definition) is 0. The molecule has 0 aromatic heterocycles. The zero-order valence-electron chi connectivity index (χ0n) is 14.7. The van der Waals surface area contributed by atoms with Crippen LogP contribution in [0.15, 0.2) is 24.3 Å². The first-order chi connectivity index (χ1) is 11.9. The van der Waals surface area contributed by atoms with Gasteiger partial charge in [0.2, 0.25) is 0 Å². The van der Waals surface area contributed by atoms with Gasteiger partial charge in [0.1, 0.15) is 0 Å². The van der Waals surface area contributed by atoms with Gasteiger partial charge in [-0.15, -0.1) is 0 Å². The van der Waals surface area contributed by atoms with Crippen LogP contribution in [0.3, 0.4) is 0 Å². The normalized spacial score (nSPS) is 21.7. The van der Waals surface area contributed by atoms with Crippen LogP contribution in [0.4, 0.5) is 0 Å². The number of benzene rings is 2. The zero-order valence-corrected chi connectivity index (χ0v) is 14.7. The first kappa shape index (κ1) is 14.8. The van der Waals surface area contributed by atoms with Crippen molar-refractivity contribution in [3.63, 3.8) is 0 Å². The van der Waals surface area contributed by atoms with Crippen molar-refractivity contribution in [1.82, 2.24) is 0 Å². The Labute approximate surface area is 146 Å². The molecule has 0 atom stereocenters. The van der Waals surface area contributed by atoms with Crippen LogP contribution in [0.1, 0.15) is 98.3 Å². The molecule has 0 spiro atoms. The summed E-state index contributed by atoms with van der Waals surface area (Å²) in [4.78, 5) is 0. The molecular weight excluding hydrogens is 288 g/mol. The highest BCUT2D eigenvalue weighted by Gasteiger charge is 2.21. The Bertz CT molecular complexity index is 721. The standard InChI is InChI=1S/C24H28/c1-3-7-17(8-4-1)21-13-19-11-12-20-14-22(16-23(15-21)24(19)20)18-9-5-2-6-10-18/h11-18H,1-10H2. The van der Waals surface area contributed by atoms with Crippen molar-refractivity contribution in [2.75, 3.05) is 0 Å². The van der Waals surface area contributed by atoms with Gasteiger partial charge in [-0.25, -0.2) is 0 Å². The second-order valence-electron chi connectivity index (χ2n) is 8.32. The lowest BCUT2D eigenvalue weighted by Crippen LogP contribution is -2.06. The fraction of sp³-hybridized carbons (Fsp3) is 0.500. The molecule has 0 heteroatoms. The Morgan fingerprint density at radius 1 is 0.542 bits per heavy atom. The summed E-state index contributed by atoms with van der Waals surface area (Å²) in [7, 11) is 0. The summed E-state index contributed by atoms with van der Waals surface area (Å²) in [5.41, 5.74) is 6.16. The van der Waals surface area contributed by atoms with E-state index in [0.29, 0.717) is 0 Å². The molecule has 2 aromatic carbocycles. The third-order valence-corrected chi connectivity index (χ3v) is 6.75. The Morgan fingerprint density at radius 3 is 1.46 bits per heavy atom. The van der Waals surface area contributed by atoms with Gasteiger partial charge in [0.15, 0.2) is 0 Å². The molecule has 2 saturated carbocycles. The predicted octanol–water partition coefficient (Wildman–Crippen LogP) is 7.42. The van der Waals surface area contributed by atoms with Crippen molar-refractivity contribution in [2.24, 2.45) is 0 Å². The van der Waals surface area contributed by atoms with E-state index < -0.39 is 0 Å². The summed E-state index contributed by atoms with van der Waals surface area (Å²) in [6.07, 6.45) is 18.8. The van der Waals surface area contributed by atoms with E-state index >= 15 is 0 Å². The largest absolute Gasteiger partial charge is 0.0537 e. The summed E-state index contributed by atoms with van der Waals surface area (Å²) in [5.74, 6) is 1.60. The first-order valence-corrected chi connectivity index (χ1v) is 10.2. The summed E-state index contributed by atoms with van der Waals surface area (Å²) in [6.45, 7) is 0. The van der Waals surface area contributed by atoms with E-state index in [1.165, 1.54) is 86.1 Å². The Balaban J connectivity index is 1.59. The van der Waals surface area contributed by atoms with Gasteiger partial charge in [-0.1, -0.05) is 74.9 Å². The third-order valence-electron chi connectivity index (χ3n) is 6.75. The Hall–Kier alpha value is -1.56. The van der Waals surface area contributed by atoms with E-state index in [4.69, 9.17) is 0 Å². The maximum absolute atomic E-state index is 2.54. The van der Waals surface area contributed by atoms with Crippen LogP contribution in [-0.2, 0) is 0 Å². The molecular formula is C24H28. The van der Waals surface area contributed by atoms with Crippen molar-refractivity contribution < 1.29 is 0 Å². The van der Waals surface area contributed by atoms with Gasteiger partial charge < -0.3 is 0 Å². The highest BCUT2D eigenvalue weighted by molar-refractivity contribution is 6.05. The molecule has 0 unspecified atom stereocenters. The molecule has 0 nitrogen and oxygen atoms in total. The first-order valence-electron chi connectivity index (χ1n) is 10.2. The minimum Gasteiger partial charge on any atom is -0.0537 e. The fourth-order valence-electron chi connectivity index (χ4n) is 5.42. The van der Waals surface area contributed by atoms with E-state index in [-0.39, 0.29) is 0 Å². The van der Waals surface area contributed by atoms with Crippen molar-refractivity contribution in [1.29, 1.82) is 0 Å². The van der Waals surface area contributed by atoms with Crippen molar-refractivity contribution in [3.05, 3.63) is 46.5 Å². The predicted molar refractivity (Wildman–Crippen MR) is 105 cm³/mol. The van der Waals surface area contributed by atoms with E-state index in [1.807, 2.05) is 0 Å². The highest BCUT2D eigenvalue weighted by Crippen LogP contribution is 2.41. The van der Waals surface area contributed by atoms with Crippen LogP contribution in [0.25, 0.3) is 22.9 Å². The molecule has 0 amide bonds. The summed E-state index contributed by atoms with van der Waals surface area (Å²) in [5, 5.41) is 3.02. The smallest absolute Gasteiger partial charge is 0.00384 e. The summed E-state index contributed by atoms with van der Waals surface area (Å²) in [6, 6.07) is 10.1. The molecule has 2 aromatic rings. The zero-order chi connectivity index (χ0) is 15.9. The van der Waals surface area contributed by atoms with Gasteiger partial charge in [-0.05, 0) is 70.5 Å². The lowest BCUT2D eigenvalue weighted by atomic mass is 9.81. The Morgan fingerprint density at radius 2 is 1.00 bits per heavy atom. The quantitative estimate of drug-likeness (QED) is 0.461. The van der Waals surface area contributed by atoms with Gasteiger partial charge in [-0.2, -0.15) is 0 Å².